The predicted octanol–water partition coefficient (Wildman–Crippen LogP) is 2.44. The first-order chi connectivity index (χ1) is 7.40. The van der Waals surface area contributed by atoms with E-state index in [2.05, 4.69) is 0 Å². The van der Waals surface area contributed by atoms with E-state index in [9.17, 15) is 9.59 Å². The minimum absolute atomic E-state index is 0.165. The second kappa shape index (κ2) is 4.92. The molecule has 0 saturated heterocycles. The van der Waals surface area contributed by atoms with Crippen molar-refractivity contribution in [3.63, 3.8) is 0 Å². The molecule has 0 amide bonds. The standard InChI is InChI=1S/C13H16O3/c1-8-5-9(2)7-12(6-8)13(15)10(3)16-11(4)14/h5-7,10H,1-4H3. The summed E-state index contributed by atoms with van der Waals surface area (Å²) in [5, 5.41) is 0. The number of aryl methyl sites for hydroxylation is 2. The van der Waals surface area contributed by atoms with Gasteiger partial charge in [0.25, 0.3) is 0 Å². The highest BCUT2D eigenvalue weighted by atomic mass is 16.5. The van der Waals surface area contributed by atoms with Gasteiger partial charge >= 0.3 is 5.97 Å². The fraction of sp³-hybridized carbons (Fsp3) is 0.385. The van der Waals surface area contributed by atoms with E-state index in [1.54, 1.807) is 19.1 Å². The third-order valence-electron chi connectivity index (χ3n) is 2.22. The third-order valence-corrected chi connectivity index (χ3v) is 2.22. The fourth-order valence-corrected chi connectivity index (χ4v) is 1.65. The van der Waals surface area contributed by atoms with Gasteiger partial charge in [0, 0.05) is 12.5 Å². The van der Waals surface area contributed by atoms with Crippen LogP contribution in [0.2, 0.25) is 0 Å². The molecule has 0 aliphatic heterocycles. The Morgan fingerprint density at radius 3 is 2.06 bits per heavy atom. The summed E-state index contributed by atoms with van der Waals surface area (Å²) in [6.07, 6.45) is -0.723. The molecule has 0 aromatic heterocycles. The lowest BCUT2D eigenvalue weighted by Crippen LogP contribution is -2.23. The van der Waals surface area contributed by atoms with Gasteiger partial charge in [-0.25, -0.2) is 0 Å². The van der Waals surface area contributed by atoms with Gasteiger partial charge < -0.3 is 4.74 Å². The predicted molar refractivity (Wildman–Crippen MR) is 61.5 cm³/mol. The summed E-state index contributed by atoms with van der Waals surface area (Å²) in [7, 11) is 0. The van der Waals surface area contributed by atoms with E-state index in [0.717, 1.165) is 11.1 Å². The summed E-state index contributed by atoms with van der Waals surface area (Å²) in [6, 6.07) is 5.60. The minimum atomic E-state index is -0.723. The number of esters is 1. The molecular formula is C13H16O3. The third kappa shape index (κ3) is 3.19. The Balaban J connectivity index is 2.91. The first-order valence-corrected chi connectivity index (χ1v) is 5.20. The van der Waals surface area contributed by atoms with Crippen LogP contribution in [0.5, 0.6) is 0 Å². The normalized spacial score (nSPS) is 12.0. The van der Waals surface area contributed by atoms with Gasteiger partial charge in [0.1, 0.15) is 0 Å². The zero-order valence-electron chi connectivity index (χ0n) is 10.0. The maximum Gasteiger partial charge on any atom is 0.303 e. The first kappa shape index (κ1) is 12.4. The lowest BCUT2D eigenvalue weighted by atomic mass is 10.0. The molecule has 1 aromatic rings. The van der Waals surface area contributed by atoms with Gasteiger partial charge in [-0.15, -0.1) is 0 Å². The molecule has 1 aromatic carbocycles. The molecule has 1 atom stereocenters. The molecule has 16 heavy (non-hydrogen) atoms. The Labute approximate surface area is 95.4 Å². The topological polar surface area (TPSA) is 43.4 Å². The molecule has 0 radical (unpaired) electrons. The molecule has 1 rings (SSSR count). The van der Waals surface area contributed by atoms with Crippen LogP contribution < -0.4 is 0 Å². The SMILES string of the molecule is CC(=O)OC(C)C(=O)c1cc(C)cc(C)c1. The maximum absolute atomic E-state index is 11.9. The number of rotatable bonds is 3. The number of hydrogen-bond donors (Lipinski definition) is 0. The maximum atomic E-state index is 11.9. The van der Waals surface area contributed by atoms with Crippen LogP contribution in [0.25, 0.3) is 0 Å². The van der Waals surface area contributed by atoms with E-state index in [1.165, 1.54) is 6.92 Å². The van der Waals surface area contributed by atoms with Crippen molar-refractivity contribution in [3.05, 3.63) is 34.9 Å². The number of ketones is 1. The van der Waals surface area contributed by atoms with Crippen molar-refractivity contribution in [1.29, 1.82) is 0 Å². The molecular weight excluding hydrogens is 204 g/mol. The van der Waals surface area contributed by atoms with Crippen LogP contribution in [0, 0.1) is 13.8 Å². The van der Waals surface area contributed by atoms with E-state index in [0.29, 0.717) is 5.56 Å². The zero-order valence-corrected chi connectivity index (χ0v) is 10.0. The Hall–Kier alpha value is -1.64. The van der Waals surface area contributed by atoms with Gasteiger partial charge in [-0.3, -0.25) is 9.59 Å². The quantitative estimate of drug-likeness (QED) is 0.580. The highest BCUT2D eigenvalue weighted by molar-refractivity contribution is 6.00. The lowest BCUT2D eigenvalue weighted by molar-refractivity contribution is -0.143. The molecule has 0 heterocycles. The summed E-state index contributed by atoms with van der Waals surface area (Å²) in [5.41, 5.74) is 2.64. The van der Waals surface area contributed by atoms with Crippen LogP contribution in [-0.4, -0.2) is 17.9 Å². The monoisotopic (exact) mass is 220 g/mol. The molecule has 3 heteroatoms. The van der Waals surface area contributed by atoms with Crippen LogP contribution >= 0.6 is 0 Å². The minimum Gasteiger partial charge on any atom is -0.454 e. The van der Waals surface area contributed by atoms with Crippen molar-refractivity contribution in [2.45, 2.75) is 33.8 Å². The van der Waals surface area contributed by atoms with Crippen LogP contribution in [0.15, 0.2) is 18.2 Å². The molecule has 1 unspecified atom stereocenters. The second-order valence-electron chi connectivity index (χ2n) is 3.99. The molecule has 86 valence electrons. The number of carbonyl (C=O) groups excluding carboxylic acids is 2. The van der Waals surface area contributed by atoms with Crippen LogP contribution in [0.1, 0.15) is 35.3 Å². The summed E-state index contributed by atoms with van der Waals surface area (Å²) < 4.78 is 4.86. The van der Waals surface area contributed by atoms with Crippen molar-refractivity contribution in [3.8, 4) is 0 Å². The number of ether oxygens (including phenoxy) is 1. The van der Waals surface area contributed by atoms with Crippen molar-refractivity contribution >= 4 is 11.8 Å². The summed E-state index contributed by atoms with van der Waals surface area (Å²) in [5.74, 6) is -0.604. The summed E-state index contributed by atoms with van der Waals surface area (Å²) in [6.45, 7) is 6.74. The van der Waals surface area contributed by atoms with Crippen molar-refractivity contribution < 1.29 is 14.3 Å². The van der Waals surface area contributed by atoms with Crippen molar-refractivity contribution in [2.24, 2.45) is 0 Å². The largest absolute Gasteiger partial charge is 0.454 e. The second-order valence-corrected chi connectivity index (χ2v) is 3.99. The smallest absolute Gasteiger partial charge is 0.303 e. The van der Waals surface area contributed by atoms with E-state index < -0.39 is 12.1 Å². The van der Waals surface area contributed by atoms with Crippen molar-refractivity contribution in [2.75, 3.05) is 0 Å². The summed E-state index contributed by atoms with van der Waals surface area (Å²) >= 11 is 0. The van der Waals surface area contributed by atoms with Gasteiger partial charge in [0.05, 0.1) is 0 Å². The molecule has 0 saturated carbocycles. The highest BCUT2D eigenvalue weighted by Crippen LogP contribution is 2.12. The number of carbonyl (C=O) groups is 2. The van der Waals surface area contributed by atoms with E-state index in [-0.39, 0.29) is 5.78 Å². The Morgan fingerprint density at radius 2 is 1.62 bits per heavy atom. The number of benzene rings is 1. The van der Waals surface area contributed by atoms with Gasteiger partial charge in [0.2, 0.25) is 5.78 Å². The van der Waals surface area contributed by atoms with Crippen LogP contribution in [0.4, 0.5) is 0 Å². The molecule has 0 aliphatic rings. The van der Waals surface area contributed by atoms with Gasteiger partial charge in [0.15, 0.2) is 6.10 Å². The Kier molecular flexibility index (Phi) is 3.82. The van der Waals surface area contributed by atoms with Gasteiger partial charge in [-0.05, 0) is 32.9 Å². The van der Waals surface area contributed by atoms with Crippen molar-refractivity contribution in [1.82, 2.24) is 0 Å². The average Bonchev–Trinajstić information content (AvgIpc) is 2.13. The van der Waals surface area contributed by atoms with E-state index >= 15 is 0 Å². The lowest BCUT2D eigenvalue weighted by Gasteiger charge is -2.11. The Bertz CT molecular complexity index is 401. The van der Waals surface area contributed by atoms with E-state index in [1.807, 2.05) is 19.9 Å². The van der Waals surface area contributed by atoms with Gasteiger partial charge in [-0.2, -0.15) is 0 Å². The van der Waals surface area contributed by atoms with Gasteiger partial charge in [-0.1, -0.05) is 17.2 Å². The number of Topliss-reactive ketones (excluding diaryl/α,β-unsaturated/α-hetero) is 1. The number of hydrogen-bond acceptors (Lipinski definition) is 3. The highest BCUT2D eigenvalue weighted by Gasteiger charge is 2.18. The molecule has 0 bridgehead atoms. The average molecular weight is 220 g/mol. The van der Waals surface area contributed by atoms with E-state index in [4.69, 9.17) is 4.74 Å². The molecule has 0 fully saturated rings. The molecule has 0 N–H and O–H groups in total. The first-order valence-electron chi connectivity index (χ1n) is 5.20. The molecule has 0 spiro atoms. The Morgan fingerprint density at radius 1 is 1.12 bits per heavy atom. The molecule has 3 nitrogen and oxygen atoms in total. The van der Waals surface area contributed by atoms with Crippen LogP contribution in [0.3, 0.4) is 0 Å². The van der Waals surface area contributed by atoms with Crippen LogP contribution in [-0.2, 0) is 9.53 Å². The zero-order chi connectivity index (χ0) is 12.3. The molecule has 0 aliphatic carbocycles. The summed E-state index contributed by atoms with van der Waals surface area (Å²) in [4.78, 5) is 22.7. The fourth-order valence-electron chi connectivity index (χ4n) is 1.65.